The van der Waals surface area contributed by atoms with Gasteiger partial charge in [-0.15, -0.1) is 0 Å². The van der Waals surface area contributed by atoms with Gasteiger partial charge in [0.1, 0.15) is 11.8 Å². The molecule has 0 aromatic rings. The molecule has 1 saturated carbocycles. The molecule has 0 bridgehead atoms. The number of ether oxygens (including phenoxy) is 1. The third kappa shape index (κ3) is 3.34. The number of alkyl carbamates (subject to hydrolysis) is 1. The Bertz CT molecular complexity index is 244. The highest BCUT2D eigenvalue weighted by Gasteiger charge is 2.46. The molecular formula is C10H18FNO3. The molecule has 0 unspecified atom stereocenters. The zero-order valence-corrected chi connectivity index (χ0v) is 9.34. The minimum Gasteiger partial charge on any atom is -0.444 e. The highest BCUT2D eigenvalue weighted by molar-refractivity contribution is 5.69. The fraction of sp³-hybridized carbons (Fsp3) is 0.900. The molecule has 0 aliphatic heterocycles. The Kier molecular flexibility index (Phi) is 3.23. The van der Waals surface area contributed by atoms with Crippen LogP contribution in [0, 0.1) is 0 Å². The van der Waals surface area contributed by atoms with Crippen LogP contribution in [0.4, 0.5) is 9.18 Å². The van der Waals surface area contributed by atoms with E-state index in [-0.39, 0.29) is 19.4 Å². The number of aliphatic hydroxyl groups excluding tert-OH is 1. The maximum Gasteiger partial charge on any atom is 0.408 e. The number of aliphatic hydroxyl groups is 1. The van der Waals surface area contributed by atoms with E-state index in [0.29, 0.717) is 0 Å². The van der Waals surface area contributed by atoms with E-state index >= 15 is 0 Å². The number of carbonyl (C=O) groups excluding carboxylic acids is 1. The number of amides is 1. The van der Waals surface area contributed by atoms with Gasteiger partial charge in [-0.2, -0.15) is 0 Å². The molecule has 1 fully saturated rings. The minimum atomic E-state index is -0.938. The van der Waals surface area contributed by atoms with Crippen LogP contribution in [-0.4, -0.2) is 35.1 Å². The molecule has 0 aromatic heterocycles. The summed E-state index contributed by atoms with van der Waals surface area (Å²) in [6.45, 7) is 4.98. The summed E-state index contributed by atoms with van der Waals surface area (Å²) in [4.78, 5) is 11.4. The number of nitrogens with one attached hydrogen (secondary N) is 1. The lowest BCUT2D eigenvalue weighted by Crippen LogP contribution is -2.61. The highest BCUT2D eigenvalue weighted by Crippen LogP contribution is 2.34. The number of alkyl halides is 1. The summed E-state index contributed by atoms with van der Waals surface area (Å²) in [5, 5.41) is 11.6. The lowest BCUT2D eigenvalue weighted by Gasteiger charge is -2.43. The maximum atomic E-state index is 12.7. The van der Waals surface area contributed by atoms with Crippen molar-refractivity contribution >= 4 is 6.09 Å². The Balaban J connectivity index is 2.44. The quantitative estimate of drug-likeness (QED) is 0.737. The van der Waals surface area contributed by atoms with Gasteiger partial charge in [0.2, 0.25) is 0 Å². The number of hydrogen-bond donors (Lipinski definition) is 2. The van der Waals surface area contributed by atoms with Crippen molar-refractivity contribution in [3.63, 3.8) is 0 Å². The summed E-state index contributed by atoms with van der Waals surface area (Å²) in [5.74, 6) is 0. The summed E-state index contributed by atoms with van der Waals surface area (Å²) < 4.78 is 17.7. The van der Waals surface area contributed by atoms with E-state index in [4.69, 9.17) is 9.84 Å². The van der Waals surface area contributed by atoms with Crippen molar-refractivity contribution in [3.05, 3.63) is 0 Å². The zero-order valence-electron chi connectivity index (χ0n) is 9.34. The van der Waals surface area contributed by atoms with Crippen LogP contribution in [0.2, 0.25) is 0 Å². The molecular weight excluding hydrogens is 201 g/mol. The molecule has 1 aliphatic rings. The fourth-order valence-corrected chi connectivity index (χ4v) is 1.58. The van der Waals surface area contributed by atoms with E-state index in [1.165, 1.54) is 0 Å². The maximum absolute atomic E-state index is 12.7. The molecule has 15 heavy (non-hydrogen) atoms. The lowest BCUT2D eigenvalue weighted by molar-refractivity contribution is -0.00102. The Hall–Kier alpha value is -0.840. The lowest BCUT2D eigenvalue weighted by atomic mass is 9.76. The number of carbonyl (C=O) groups is 1. The van der Waals surface area contributed by atoms with E-state index in [2.05, 4.69) is 5.32 Å². The molecule has 0 spiro atoms. The van der Waals surface area contributed by atoms with Gasteiger partial charge in [0, 0.05) is 12.8 Å². The van der Waals surface area contributed by atoms with Crippen LogP contribution < -0.4 is 5.32 Å². The van der Waals surface area contributed by atoms with Crippen LogP contribution in [0.3, 0.4) is 0 Å². The Morgan fingerprint density at radius 1 is 1.60 bits per heavy atom. The summed E-state index contributed by atoms with van der Waals surface area (Å²) >= 11 is 0. The monoisotopic (exact) mass is 219 g/mol. The third-order valence-corrected chi connectivity index (χ3v) is 2.29. The molecule has 2 N–H and O–H groups in total. The van der Waals surface area contributed by atoms with Gasteiger partial charge in [-0.3, -0.25) is 0 Å². The molecule has 0 aromatic carbocycles. The molecule has 0 heterocycles. The number of halogens is 1. The summed E-state index contributed by atoms with van der Waals surface area (Å²) in [6.07, 6.45) is -1.23. The molecule has 5 heteroatoms. The first kappa shape index (κ1) is 12.2. The van der Waals surface area contributed by atoms with Crippen molar-refractivity contribution in [1.29, 1.82) is 0 Å². The van der Waals surface area contributed by atoms with Gasteiger partial charge < -0.3 is 15.2 Å². The second-order valence-electron chi connectivity index (χ2n) is 5.07. The largest absolute Gasteiger partial charge is 0.444 e. The van der Waals surface area contributed by atoms with Gasteiger partial charge in [0.25, 0.3) is 0 Å². The van der Waals surface area contributed by atoms with E-state index in [1.54, 1.807) is 20.8 Å². The van der Waals surface area contributed by atoms with E-state index in [9.17, 15) is 9.18 Å². The van der Waals surface area contributed by atoms with Gasteiger partial charge >= 0.3 is 6.09 Å². The smallest absolute Gasteiger partial charge is 0.408 e. The van der Waals surface area contributed by atoms with Crippen molar-refractivity contribution in [2.24, 2.45) is 0 Å². The second-order valence-corrected chi connectivity index (χ2v) is 5.07. The predicted molar refractivity (Wildman–Crippen MR) is 53.3 cm³/mol. The topological polar surface area (TPSA) is 58.6 Å². The molecule has 0 saturated heterocycles. The molecule has 1 amide bonds. The SMILES string of the molecule is CC(C)(C)OC(=O)N[C@]1(CO)C[C@@H](F)C1. The third-order valence-electron chi connectivity index (χ3n) is 2.29. The molecule has 0 atom stereocenters. The van der Waals surface area contributed by atoms with E-state index in [1.807, 2.05) is 0 Å². The molecule has 1 aliphatic carbocycles. The van der Waals surface area contributed by atoms with Crippen LogP contribution in [0.25, 0.3) is 0 Å². The van der Waals surface area contributed by atoms with Crippen LogP contribution in [0.15, 0.2) is 0 Å². The first-order valence-corrected chi connectivity index (χ1v) is 5.02. The van der Waals surface area contributed by atoms with Crippen LogP contribution in [0.1, 0.15) is 33.6 Å². The summed E-state index contributed by atoms with van der Waals surface area (Å²) in [7, 11) is 0. The number of hydrogen-bond acceptors (Lipinski definition) is 3. The predicted octanol–water partition coefficient (Wildman–Crippen LogP) is 1.37. The average Bonchev–Trinajstić information content (AvgIpc) is 1.97. The van der Waals surface area contributed by atoms with Gasteiger partial charge in [0.15, 0.2) is 0 Å². The van der Waals surface area contributed by atoms with E-state index in [0.717, 1.165) is 0 Å². The Morgan fingerprint density at radius 2 is 2.13 bits per heavy atom. The van der Waals surface area contributed by atoms with Gasteiger partial charge in [-0.05, 0) is 20.8 Å². The number of rotatable bonds is 2. The molecule has 88 valence electrons. The zero-order chi connectivity index (χ0) is 11.7. The average molecular weight is 219 g/mol. The highest BCUT2D eigenvalue weighted by atomic mass is 19.1. The molecule has 1 rings (SSSR count). The molecule has 4 nitrogen and oxygen atoms in total. The fourth-order valence-electron chi connectivity index (χ4n) is 1.58. The first-order valence-electron chi connectivity index (χ1n) is 5.02. The van der Waals surface area contributed by atoms with Gasteiger partial charge in [-0.25, -0.2) is 9.18 Å². The van der Waals surface area contributed by atoms with Crippen molar-refractivity contribution < 1.29 is 19.0 Å². The van der Waals surface area contributed by atoms with Crippen LogP contribution in [-0.2, 0) is 4.74 Å². The first-order chi connectivity index (χ1) is 6.76. The van der Waals surface area contributed by atoms with Gasteiger partial charge in [-0.1, -0.05) is 0 Å². The van der Waals surface area contributed by atoms with Crippen LogP contribution >= 0.6 is 0 Å². The normalized spacial score (nSPS) is 30.6. The van der Waals surface area contributed by atoms with Crippen LogP contribution in [0.5, 0.6) is 0 Å². The standard InChI is InChI=1S/C10H18FNO3/c1-9(2,3)15-8(14)12-10(6-13)4-7(11)5-10/h7,13H,4-6H2,1-3H3,(H,12,14)/t7-,10-. The van der Waals surface area contributed by atoms with Gasteiger partial charge in [0.05, 0.1) is 12.1 Å². The Labute approximate surface area is 88.8 Å². The van der Waals surface area contributed by atoms with Crippen molar-refractivity contribution in [3.8, 4) is 0 Å². The second kappa shape index (κ2) is 3.96. The summed E-state index contributed by atoms with van der Waals surface area (Å²) in [5.41, 5.74) is -1.40. The van der Waals surface area contributed by atoms with Crippen molar-refractivity contribution in [2.75, 3.05) is 6.61 Å². The van der Waals surface area contributed by atoms with Crippen molar-refractivity contribution in [1.82, 2.24) is 5.32 Å². The Morgan fingerprint density at radius 3 is 2.47 bits per heavy atom. The minimum absolute atomic E-state index is 0.155. The van der Waals surface area contributed by atoms with Crippen molar-refractivity contribution in [2.45, 2.75) is 50.9 Å². The summed E-state index contributed by atoms with van der Waals surface area (Å²) in [6, 6.07) is 0. The van der Waals surface area contributed by atoms with E-state index < -0.39 is 23.4 Å². The molecule has 0 radical (unpaired) electrons.